The highest BCUT2D eigenvalue weighted by molar-refractivity contribution is 7.89. The van der Waals surface area contributed by atoms with Crippen LogP contribution >= 0.6 is 0 Å². The Labute approximate surface area is 101 Å². The zero-order chi connectivity index (χ0) is 13.1. The molecule has 1 aromatic rings. The van der Waals surface area contributed by atoms with Crippen molar-refractivity contribution in [2.45, 2.75) is 17.9 Å². The number of nitrogens with one attached hydrogen (secondary N) is 1. The van der Waals surface area contributed by atoms with Crippen LogP contribution in [0.25, 0.3) is 0 Å². The third-order valence-electron chi connectivity index (χ3n) is 2.26. The summed E-state index contributed by atoms with van der Waals surface area (Å²) in [5.74, 6) is 0. The van der Waals surface area contributed by atoms with E-state index in [1.165, 1.54) is 26.4 Å². The first-order valence-corrected chi connectivity index (χ1v) is 6.59. The molecule has 0 saturated heterocycles. The highest BCUT2D eigenvalue weighted by Crippen LogP contribution is 2.22. The van der Waals surface area contributed by atoms with Gasteiger partial charge in [-0.05, 0) is 13.0 Å². The Morgan fingerprint density at radius 1 is 1.59 bits per heavy atom. The van der Waals surface area contributed by atoms with Crippen molar-refractivity contribution in [2.24, 2.45) is 0 Å². The highest BCUT2D eigenvalue weighted by Gasteiger charge is 2.24. The Morgan fingerprint density at radius 3 is 2.76 bits per heavy atom. The van der Waals surface area contributed by atoms with Gasteiger partial charge in [-0.3, -0.25) is 4.98 Å². The van der Waals surface area contributed by atoms with E-state index in [0.29, 0.717) is 5.69 Å². The van der Waals surface area contributed by atoms with Crippen molar-refractivity contribution >= 4 is 15.7 Å². The molecule has 1 atom stereocenters. The van der Waals surface area contributed by atoms with Crippen LogP contribution in [0.3, 0.4) is 0 Å². The Kier molecular flexibility index (Phi) is 4.44. The minimum Gasteiger partial charge on any atom is -0.392 e. The van der Waals surface area contributed by atoms with Crippen molar-refractivity contribution in [3.05, 3.63) is 18.5 Å². The molecule has 17 heavy (non-hydrogen) atoms. The van der Waals surface area contributed by atoms with Gasteiger partial charge in [-0.25, -0.2) is 8.42 Å². The summed E-state index contributed by atoms with van der Waals surface area (Å²) in [4.78, 5) is 3.92. The summed E-state index contributed by atoms with van der Waals surface area (Å²) in [6.07, 6.45) is 2.09. The van der Waals surface area contributed by atoms with E-state index in [2.05, 4.69) is 10.3 Å². The number of sulfonamides is 1. The molecule has 0 aliphatic rings. The number of aliphatic hydroxyl groups excluding tert-OH is 1. The molecule has 1 aromatic heterocycles. The Morgan fingerprint density at radius 2 is 2.24 bits per heavy atom. The van der Waals surface area contributed by atoms with E-state index < -0.39 is 16.1 Å². The molecule has 96 valence electrons. The lowest BCUT2D eigenvalue weighted by Gasteiger charge is -2.19. The second-order valence-electron chi connectivity index (χ2n) is 3.76. The van der Waals surface area contributed by atoms with Crippen LogP contribution in [0.5, 0.6) is 0 Å². The Bertz CT molecular complexity index is 473. The van der Waals surface area contributed by atoms with E-state index in [1.807, 2.05) is 0 Å². The van der Waals surface area contributed by atoms with Gasteiger partial charge in [0.25, 0.3) is 0 Å². The molecule has 0 fully saturated rings. The molecule has 0 radical (unpaired) electrons. The summed E-state index contributed by atoms with van der Waals surface area (Å²) in [5, 5.41) is 12.0. The fourth-order valence-electron chi connectivity index (χ4n) is 1.43. The molecule has 0 aliphatic carbocycles. The maximum atomic E-state index is 12.2. The largest absolute Gasteiger partial charge is 0.392 e. The highest BCUT2D eigenvalue weighted by atomic mass is 32.2. The number of likely N-dealkylation sites (N-methyl/N-ethyl adjacent to an activating group) is 1. The monoisotopic (exact) mass is 259 g/mol. The predicted molar refractivity (Wildman–Crippen MR) is 65.3 cm³/mol. The number of aliphatic hydroxyl groups is 1. The van der Waals surface area contributed by atoms with Gasteiger partial charge < -0.3 is 10.4 Å². The average Bonchev–Trinajstić information content (AvgIpc) is 2.28. The zero-order valence-electron chi connectivity index (χ0n) is 10.1. The van der Waals surface area contributed by atoms with Crippen LogP contribution in [-0.2, 0) is 10.0 Å². The van der Waals surface area contributed by atoms with Crippen molar-refractivity contribution in [3.8, 4) is 0 Å². The van der Waals surface area contributed by atoms with E-state index in [4.69, 9.17) is 0 Å². The Hall–Kier alpha value is -1.18. The van der Waals surface area contributed by atoms with Gasteiger partial charge in [-0.2, -0.15) is 4.31 Å². The molecule has 0 bridgehead atoms. The number of hydrogen-bond donors (Lipinski definition) is 2. The van der Waals surface area contributed by atoms with E-state index in [-0.39, 0.29) is 11.4 Å². The molecule has 6 nitrogen and oxygen atoms in total. The normalized spacial score (nSPS) is 13.7. The quantitative estimate of drug-likeness (QED) is 0.785. The molecule has 1 heterocycles. The summed E-state index contributed by atoms with van der Waals surface area (Å²) < 4.78 is 25.5. The molecule has 7 heteroatoms. The second-order valence-corrected chi connectivity index (χ2v) is 5.77. The standard InChI is InChI=1S/C10H17N3O3S/c1-8(14)7-13(3)17(15,16)10-6-12-5-4-9(10)11-2/h4-6,8,14H,7H2,1-3H3,(H,11,12). The van der Waals surface area contributed by atoms with Crippen molar-refractivity contribution in [2.75, 3.05) is 26.0 Å². The molecule has 2 N–H and O–H groups in total. The smallest absolute Gasteiger partial charge is 0.246 e. The van der Waals surface area contributed by atoms with Crippen LogP contribution < -0.4 is 5.32 Å². The van der Waals surface area contributed by atoms with Crippen molar-refractivity contribution < 1.29 is 13.5 Å². The van der Waals surface area contributed by atoms with Gasteiger partial charge in [0, 0.05) is 33.0 Å². The lowest BCUT2D eigenvalue weighted by Crippen LogP contribution is -2.33. The maximum Gasteiger partial charge on any atom is 0.246 e. The molecule has 0 saturated carbocycles. The van der Waals surface area contributed by atoms with Gasteiger partial charge in [0.1, 0.15) is 4.90 Å². The van der Waals surface area contributed by atoms with Gasteiger partial charge in [-0.15, -0.1) is 0 Å². The molecule has 0 spiro atoms. The van der Waals surface area contributed by atoms with Crippen molar-refractivity contribution in [3.63, 3.8) is 0 Å². The van der Waals surface area contributed by atoms with Crippen LogP contribution in [0, 0.1) is 0 Å². The van der Waals surface area contributed by atoms with Crippen LogP contribution in [0.4, 0.5) is 5.69 Å². The summed E-state index contributed by atoms with van der Waals surface area (Å²) in [6, 6.07) is 1.59. The first kappa shape index (κ1) is 13.9. The van der Waals surface area contributed by atoms with E-state index >= 15 is 0 Å². The lowest BCUT2D eigenvalue weighted by atomic mass is 10.4. The first-order valence-electron chi connectivity index (χ1n) is 5.15. The molecule has 1 unspecified atom stereocenters. The third-order valence-corrected chi connectivity index (χ3v) is 4.11. The minimum atomic E-state index is -3.63. The molecular formula is C10H17N3O3S. The predicted octanol–water partition coefficient (Wildman–Crippen LogP) is 0.125. The number of rotatable bonds is 5. The minimum absolute atomic E-state index is 0.0420. The summed E-state index contributed by atoms with van der Waals surface area (Å²) in [7, 11) is -0.561. The van der Waals surface area contributed by atoms with E-state index in [1.54, 1.807) is 13.1 Å². The maximum absolute atomic E-state index is 12.2. The van der Waals surface area contributed by atoms with Gasteiger partial charge in [0.2, 0.25) is 10.0 Å². The van der Waals surface area contributed by atoms with Gasteiger partial charge in [0.05, 0.1) is 11.8 Å². The van der Waals surface area contributed by atoms with Gasteiger partial charge >= 0.3 is 0 Å². The number of aromatic nitrogens is 1. The van der Waals surface area contributed by atoms with Crippen molar-refractivity contribution in [1.29, 1.82) is 0 Å². The second kappa shape index (κ2) is 5.44. The third kappa shape index (κ3) is 3.15. The molecule has 0 amide bonds. The fraction of sp³-hybridized carbons (Fsp3) is 0.500. The lowest BCUT2D eigenvalue weighted by molar-refractivity contribution is 0.171. The summed E-state index contributed by atoms with van der Waals surface area (Å²) >= 11 is 0. The fourth-order valence-corrected chi connectivity index (χ4v) is 2.82. The van der Waals surface area contributed by atoms with Gasteiger partial charge in [-0.1, -0.05) is 0 Å². The summed E-state index contributed by atoms with van der Waals surface area (Å²) in [6.45, 7) is 1.58. The molecular weight excluding hydrogens is 242 g/mol. The number of hydrogen-bond acceptors (Lipinski definition) is 5. The average molecular weight is 259 g/mol. The van der Waals surface area contributed by atoms with Crippen LogP contribution in [0.1, 0.15) is 6.92 Å². The van der Waals surface area contributed by atoms with Crippen LogP contribution in [0.2, 0.25) is 0 Å². The first-order chi connectivity index (χ1) is 7.89. The van der Waals surface area contributed by atoms with E-state index in [9.17, 15) is 13.5 Å². The molecule has 0 aromatic carbocycles. The molecule has 0 aliphatic heterocycles. The number of nitrogens with zero attached hydrogens (tertiary/aromatic N) is 2. The SMILES string of the molecule is CNc1ccncc1S(=O)(=O)N(C)CC(C)O. The number of pyridine rings is 1. The van der Waals surface area contributed by atoms with Crippen LogP contribution in [-0.4, -0.2) is 49.6 Å². The van der Waals surface area contributed by atoms with Crippen LogP contribution in [0.15, 0.2) is 23.4 Å². The van der Waals surface area contributed by atoms with Gasteiger partial charge in [0.15, 0.2) is 0 Å². The summed E-state index contributed by atoms with van der Waals surface area (Å²) in [5.41, 5.74) is 0.484. The topological polar surface area (TPSA) is 82.5 Å². The molecule has 1 rings (SSSR count). The number of anilines is 1. The Balaban J connectivity index is 3.13. The van der Waals surface area contributed by atoms with E-state index in [0.717, 1.165) is 4.31 Å². The zero-order valence-corrected chi connectivity index (χ0v) is 10.9. The van der Waals surface area contributed by atoms with Crippen molar-refractivity contribution in [1.82, 2.24) is 9.29 Å².